The summed E-state index contributed by atoms with van der Waals surface area (Å²) in [6, 6.07) is -0.966. The number of amides is 1. The number of allylic oxidation sites excluding steroid dienone is 1. The number of hydrogen-bond acceptors (Lipinski definition) is 18. The molecule has 3 saturated heterocycles. The summed E-state index contributed by atoms with van der Waals surface area (Å²) >= 11 is 0. The van der Waals surface area contributed by atoms with Gasteiger partial charge < -0.3 is 89.9 Å². The first-order valence-corrected chi connectivity index (χ1v) is 30.4. The van der Waals surface area contributed by atoms with Gasteiger partial charge in [-0.05, 0) is 19.3 Å². The molecule has 0 aromatic carbocycles. The Labute approximate surface area is 461 Å². The van der Waals surface area contributed by atoms with Crippen molar-refractivity contribution in [2.24, 2.45) is 0 Å². The standard InChI is InChI=1S/C58H109NO18/c1-3-5-7-9-11-13-15-17-19-20-21-22-24-26-28-30-32-34-36-46(64)59-41(42(63)35-33-31-29-27-25-23-18-16-14-12-10-8-6-4-2)40-72-56-52(70)49(67)54(44(38-61)74-56)77-58-53(71)50(68)55(45(39-62)75-58)76-57-51(69)48(66)47(65)43(37-60)73-57/h33,35,41-45,47-58,60-63,65-71H,3-32,34,36-40H2,1-2H3,(H,59,64)/b35-33+. The van der Waals surface area contributed by atoms with E-state index >= 15 is 0 Å². The predicted octanol–water partition coefficient (Wildman–Crippen LogP) is 5.38. The van der Waals surface area contributed by atoms with Gasteiger partial charge in [-0.15, -0.1) is 0 Å². The Morgan fingerprint density at radius 3 is 1.22 bits per heavy atom. The van der Waals surface area contributed by atoms with Crippen LogP contribution in [-0.4, -0.2) is 193 Å². The molecule has 77 heavy (non-hydrogen) atoms. The Morgan fingerprint density at radius 2 is 0.805 bits per heavy atom. The van der Waals surface area contributed by atoms with Gasteiger partial charge in [0.15, 0.2) is 18.9 Å². The average Bonchev–Trinajstić information content (AvgIpc) is 3.43. The molecule has 0 bridgehead atoms. The molecule has 0 saturated carbocycles. The molecule has 0 aromatic heterocycles. The molecule has 3 aliphatic heterocycles. The highest BCUT2D eigenvalue weighted by atomic mass is 16.8. The van der Waals surface area contributed by atoms with Crippen molar-refractivity contribution >= 4 is 5.91 Å². The largest absolute Gasteiger partial charge is 0.394 e. The average molecular weight is 1110 g/mol. The van der Waals surface area contributed by atoms with Crippen LogP contribution in [0.1, 0.15) is 219 Å². The van der Waals surface area contributed by atoms with Crippen LogP contribution in [-0.2, 0) is 33.2 Å². The number of rotatable bonds is 45. The number of carbonyl (C=O) groups excluding carboxylic acids is 1. The van der Waals surface area contributed by atoms with E-state index in [-0.39, 0.29) is 18.9 Å². The van der Waals surface area contributed by atoms with Gasteiger partial charge in [0.2, 0.25) is 5.91 Å². The fourth-order valence-corrected chi connectivity index (χ4v) is 10.5. The summed E-state index contributed by atoms with van der Waals surface area (Å²) in [6.07, 6.45) is 14.7. The van der Waals surface area contributed by atoms with Crippen molar-refractivity contribution in [1.29, 1.82) is 0 Å². The van der Waals surface area contributed by atoms with Gasteiger partial charge in [-0.1, -0.05) is 206 Å². The number of ether oxygens (including phenoxy) is 6. The third-order valence-electron chi connectivity index (χ3n) is 15.6. The number of hydrogen-bond donors (Lipinski definition) is 12. The molecule has 3 fully saturated rings. The van der Waals surface area contributed by atoms with Gasteiger partial charge in [-0.25, -0.2) is 0 Å². The van der Waals surface area contributed by atoms with E-state index in [9.17, 15) is 61.0 Å². The fourth-order valence-electron chi connectivity index (χ4n) is 10.5. The molecule has 454 valence electrons. The maximum atomic E-state index is 13.3. The summed E-state index contributed by atoms with van der Waals surface area (Å²) in [5.41, 5.74) is 0. The molecule has 0 spiro atoms. The summed E-state index contributed by atoms with van der Waals surface area (Å²) < 4.78 is 34.2. The second-order valence-electron chi connectivity index (χ2n) is 22.2. The van der Waals surface area contributed by atoms with E-state index in [0.29, 0.717) is 6.42 Å². The summed E-state index contributed by atoms with van der Waals surface area (Å²) in [5, 5.41) is 120. The molecular formula is C58H109NO18. The van der Waals surface area contributed by atoms with Gasteiger partial charge >= 0.3 is 0 Å². The fraction of sp³-hybridized carbons (Fsp3) is 0.948. The first-order valence-electron chi connectivity index (χ1n) is 30.4. The van der Waals surface area contributed by atoms with Crippen molar-refractivity contribution in [1.82, 2.24) is 5.32 Å². The van der Waals surface area contributed by atoms with Gasteiger partial charge in [-0.2, -0.15) is 0 Å². The summed E-state index contributed by atoms with van der Waals surface area (Å²) in [6.45, 7) is 1.73. The first-order chi connectivity index (χ1) is 37.3. The van der Waals surface area contributed by atoms with Crippen LogP contribution in [0.4, 0.5) is 0 Å². The minimum Gasteiger partial charge on any atom is -0.394 e. The second kappa shape index (κ2) is 42.4. The van der Waals surface area contributed by atoms with Crippen LogP contribution >= 0.6 is 0 Å². The van der Waals surface area contributed by atoms with Gasteiger partial charge in [-0.3, -0.25) is 4.79 Å². The minimum atomic E-state index is -1.97. The zero-order valence-electron chi connectivity index (χ0n) is 47.2. The van der Waals surface area contributed by atoms with Gasteiger partial charge in [0.1, 0.15) is 73.2 Å². The highest BCUT2D eigenvalue weighted by molar-refractivity contribution is 5.76. The monoisotopic (exact) mass is 1110 g/mol. The zero-order valence-corrected chi connectivity index (χ0v) is 47.2. The quantitative estimate of drug-likeness (QED) is 0.0269. The van der Waals surface area contributed by atoms with Gasteiger partial charge in [0.25, 0.3) is 0 Å². The summed E-state index contributed by atoms with van der Waals surface area (Å²) in [5.74, 6) is -0.273. The van der Waals surface area contributed by atoms with Gasteiger partial charge in [0.05, 0.1) is 38.6 Å². The van der Waals surface area contributed by atoms with Crippen LogP contribution in [0.15, 0.2) is 12.2 Å². The van der Waals surface area contributed by atoms with Crippen LogP contribution < -0.4 is 5.32 Å². The Balaban J connectivity index is 1.50. The second-order valence-corrected chi connectivity index (χ2v) is 22.2. The molecule has 1 amide bonds. The summed E-state index contributed by atoms with van der Waals surface area (Å²) in [7, 11) is 0. The molecule has 19 nitrogen and oxygen atoms in total. The van der Waals surface area contributed by atoms with Crippen LogP contribution in [0.2, 0.25) is 0 Å². The molecule has 0 aliphatic carbocycles. The first kappa shape index (κ1) is 69.8. The van der Waals surface area contributed by atoms with E-state index in [2.05, 4.69) is 19.2 Å². The van der Waals surface area contributed by atoms with Crippen molar-refractivity contribution < 1.29 is 89.4 Å². The van der Waals surface area contributed by atoms with E-state index in [0.717, 1.165) is 44.9 Å². The van der Waals surface area contributed by atoms with E-state index < -0.39 is 124 Å². The van der Waals surface area contributed by atoms with Crippen molar-refractivity contribution in [2.45, 2.75) is 324 Å². The molecule has 3 aliphatic rings. The molecule has 0 aromatic rings. The van der Waals surface area contributed by atoms with Crippen LogP contribution in [0.3, 0.4) is 0 Å². The Bertz CT molecular complexity index is 1460. The SMILES string of the molecule is CCCCCCCCCCCCCC/C=C/C(O)C(COC1OC(CO)C(OC2OC(CO)C(OC3OC(CO)C(O)C(O)C3O)C(O)C2O)C(O)C1O)NC(=O)CCCCCCCCCCCCCCCCCCCC. The lowest BCUT2D eigenvalue weighted by Crippen LogP contribution is -2.66. The summed E-state index contributed by atoms with van der Waals surface area (Å²) in [4.78, 5) is 13.3. The number of aliphatic hydroxyl groups excluding tert-OH is 11. The molecule has 12 N–H and O–H groups in total. The zero-order chi connectivity index (χ0) is 56.2. The molecule has 17 unspecified atom stereocenters. The third kappa shape index (κ3) is 26.5. The molecule has 0 radical (unpaired) electrons. The maximum Gasteiger partial charge on any atom is 0.220 e. The molecule has 19 heteroatoms. The number of unbranched alkanes of at least 4 members (excludes halogenated alkanes) is 29. The molecule has 17 atom stereocenters. The normalized spacial score (nSPS) is 30.7. The minimum absolute atomic E-state index is 0.249. The van der Waals surface area contributed by atoms with E-state index in [1.54, 1.807) is 6.08 Å². The third-order valence-corrected chi connectivity index (χ3v) is 15.6. The predicted molar refractivity (Wildman–Crippen MR) is 291 cm³/mol. The Morgan fingerprint density at radius 1 is 0.455 bits per heavy atom. The lowest BCUT2D eigenvalue weighted by molar-refractivity contribution is -0.379. The smallest absolute Gasteiger partial charge is 0.220 e. The highest BCUT2D eigenvalue weighted by Gasteiger charge is 2.53. The molecular weight excluding hydrogens is 999 g/mol. The number of nitrogens with one attached hydrogen (secondary N) is 1. The van der Waals surface area contributed by atoms with Crippen molar-refractivity contribution in [3.63, 3.8) is 0 Å². The van der Waals surface area contributed by atoms with Crippen LogP contribution in [0, 0.1) is 0 Å². The van der Waals surface area contributed by atoms with Gasteiger partial charge in [0, 0.05) is 6.42 Å². The Kier molecular flexibility index (Phi) is 38.4. The topological polar surface area (TPSA) is 307 Å². The van der Waals surface area contributed by atoms with Crippen LogP contribution in [0.25, 0.3) is 0 Å². The van der Waals surface area contributed by atoms with E-state index in [4.69, 9.17) is 28.4 Å². The lowest BCUT2D eigenvalue weighted by atomic mass is 9.96. The Hall–Kier alpha value is -1.47. The van der Waals surface area contributed by atoms with Crippen molar-refractivity contribution in [2.75, 3.05) is 26.4 Å². The van der Waals surface area contributed by atoms with Crippen LogP contribution in [0.5, 0.6) is 0 Å². The number of carbonyl (C=O) groups is 1. The number of aliphatic hydroxyl groups is 11. The molecule has 3 heterocycles. The lowest BCUT2D eigenvalue weighted by Gasteiger charge is -2.48. The highest BCUT2D eigenvalue weighted by Crippen LogP contribution is 2.33. The van der Waals surface area contributed by atoms with Crippen molar-refractivity contribution in [3.8, 4) is 0 Å². The van der Waals surface area contributed by atoms with Crippen molar-refractivity contribution in [3.05, 3.63) is 12.2 Å². The molecule has 3 rings (SSSR count). The van der Waals surface area contributed by atoms with E-state index in [1.165, 1.54) is 148 Å². The maximum absolute atomic E-state index is 13.3. The van der Waals surface area contributed by atoms with E-state index in [1.807, 2.05) is 6.08 Å².